The molecule has 8 heteroatoms. The fourth-order valence-corrected chi connectivity index (χ4v) is 4.61. The third-order valence-corrected chi connectivity index (χ3v) is 6.18. The highest BCUT2D eigenvalue weighted by molar-refractivity contribution is 7.22. The van der Waals surface area contributed by atoms with Crippen LogP contribution in [0.2, 0.25) is 0 Å². The number of aryl methyl sites for hydroxylation is 1. The first-order valence-electron chi connectivity index (χ1n) is 11.1. The first-order valence-corrected chi connectivity index (χ1v) is 12.1. The highest BCUT2D eigenvalue weighted by atomic mass is 31.1. The molecule has 0 radical (unpaired) electrons. The number of aromatic amines is 1. The number of aromatic nitrogens is 2. The molecule has 3 aromatic rings. The van der Waals surface area contributed by atoms with Crippen molar-refractivity contribution in [3.8, 4) is 12.3 Å². The summed E-state index contributed by atoms with van der Waals surface area (Å²) < 4.78 is 16.4. The van der Waals surface area contributed by atoms with Crippen molar-refractivity contribution in [3.05, 3.63) is 69.3 Å². The molecule has 0 fully saturated rings. The lowest BCUT2D eigenvalue weighted by Crippen LogP contribution is -2.28. The largest absolute Gasteiger partial charge is 0.456 e. The molecule has 1 heterocycles. The Balaban J connectivity index is 1.67. The van der Waals surface area contributed by atoms with Crippen molar-refractivity contribution in [1.82, 2.24) is 9.97 Å². The predicted octanol–water partition coefficient (Wildman–Crippen LogP) is 4.80. The van der Waals surface area contributed by atoms with Crippen molar-refractivity contribution in [3.63, 3.8) is 0 Å². The molecule has 0 bridgehead atoms. The lowest BCUT2D eigenvalue weighted by atomic mass is 10.0. The van der Waals surface area contributed by atoms with E-state index in [0.29, 0.717) is 28.8 Å². The molecule has 0 spiro atoms. The molecular formula is C26H26N3O4P. The molecule has 1 aromatic heterocycles. The monoisotopic (exact) mass is 475 g/mol. The Kier molecular flexibility index (Phi) is 6.54. The summed E-state index contributed by atoms with van der Waals surface area (Å²) in [5, 5.41) is 0.498. The summed E-state index contributed by atoms with van der Waals surface area (Å²) in [5.41, 5.74) is 3.32. The Morgan fingerprint density at radius 3 is 2.68 bits per heavy atom. The number of rotatable bonds is 6. The maximum atomic E-state index is 12.7. The molecule has 1 aliphatic rings. The number of H-pyrrole nitrogens is 1. The molecule has 0 saturated carbocycles. The summed E-state index contributed by atoms with van der Waals surface area (Å²) in [6.07, 6.45) is 7.54. The van der Waals surface area contributed by atoms with Crippen LogP contribution in [0.4, 0.5) is 5.69 Å². The van der Waals surface area contributed by atoms with Crippen LogP contribution in [0.5, 0.6) is 0 Å². The number of carbonyl (C=O) groups excluding carboxylic acids is 1. The minimum Gasteiger partial charge on any atom is -0.456 e. The molecule has 4 rings (SSSR count). The molecule has 174 valence electrons. The molecule has 0 saturated heterocycles. The number of fused-ring (bicyclic) bond motifs is 2. The standard InChI is InChI=1S/C26H26N3O4P/c1-5-12-29(18-9-6-16(7-10-18)25(31)33-26(2,3)4)22-11-8-17-13-21-20(14-19(17)22)24(30)28-23(27-21)15-34-32/h1,6-7,9-10,13-14,22H,8,11-12,15H2,2-4H3,(H,27,28,30). The van der Waals surface area contributed by atoms with Gasteiger partial charge in [0.05, 0.1) is 35.2 Å². The van der Waals surface area contributed by atoms with Gasteiger partial charge in [0.1, 0.15) is 11.4 Å². The van der Waals surface area contributed by atoms with E-state index in [1.807, 2.05) is 45.0 Å². The molecule has 34 heavy (non-hydrogen) atoms. The average Bonchev–Trinajstić information content (AvgIpc) is 3.18. The van der Waals surface area contributed by atoms with Crippen molar-refractivity contribution in [1.29, 1.82) is 0 Å². The second-order valence-corrected chi connectivity index (χ2v) is 9.88. The van der Waals surface area contributed by atoms with E-state index in [-0.39, 0.29) is 32.2 Å². The van der Waals surface area contributed by atoms with Gasteiger partial charge in [0, 0.05) is 5.69 Å². The number of nitrogens with zero attached hydrogens (tertiary/aromatic N) is 2. The molecule has 1 atom stereocenters. The normalized spacial score (nSPS) is 15.2. The van der Waals surface area contributed by atoms with Crippen LogP contribution in [0.1, 0.15) is 60.5 Å². The Hall–Kier alpha value is -3.49. The Bertz CT molecular complexity index is 1350. The Morgan fingerprint density at radius 2 is 2.03 bits per heavy atom. The number of hydrogen-bond acceptors (Lipinski definition) is 6. The van der Waals surface area contributed by atoms with Gasteiger partial charge in [0.2, 0.25) is 0 Å². The maximum absolute atomic E-state index is 12.7. The molecule has 2 aromatic carbocycles. The molecule has 7 nitrogen and oxygen atoms in total. The number of hydrogen-bond donors (Lipinski definition) is 1. The number of nitrogens with one attached hydrogen (secondary N) is 1. The maximum Gasteiger partial charge on any atom is 0.338 e. The first-order chi connectivity index (χ1) is 16.2. The van der Waals surface area contributed by atoms with Gasteiger partial charge in [-0.3, -0.25) is 9.36 Å². The van der Waals surface area contributed by atoms with Crippen LogP contribution in [0.25, 0.3) is 10.9 Å². The number of terminal acetylenes is 1. The van der Waals surface area contributed by atoms with Gasteiger partial charge in [0.15, 0.2) is 8.46 Å². The number of esters is 1. The Labute approximate surface area is 199 Å². The number of benzene rings is 2. The van der Waals surface area contributed by atoms with Crippen LogP contribution in [0, 0.1) is 12.3 Å². The number of ether oxygens (including phenoxy) is 1. The average molecular weight is 475 g/mol. The van der Waals surface area contributed by atoms with Crippen LogP contribution < -0.4 is 10.5 Å². The van der Waals surface area contributed by atoms with Crippen molar-refractivity contribution >= 4 is 31.0 Å². The third kappa shape index (κ3) is 4.88. The molecular weight excluding hydrogens is 449 g/mol. The van der Waals surface area contributed by atoms with E-state index in [4.69, 9.17) is 11.2 Å². The SMILES string of the molecule is C#CCN(c1ccc(C(=O)OC(C)(C)C)cc1)C1CCc2cc3nc(CP=O)[nH]c(=O)c3cc21. The fraction of sp³-hybridized carbons (Fsp3) is 0.346. The van der Waals surface area contributed by atoms with Gasteiger partial charge in [-0.15, -0.1) is 6.42 Å². The highest BCUT2D eigenvalue weighted by Gasteiger charge is 2.29. The van der Waals surface area contributed by atoms with E-state index < -0.39 is 5.60 Å². The van der Waals surface area contributed by atoms with Crippen molar-refractivity contribution in [2.75, 3.05) is 11.4 Å². The molecule has 0 amide bonds. The molecule has 0 aliphatic heterocycles. The molecule has 1 aliphatic carbocycles. The van der Waals surface area contributed by atoms with Crippen LogP contribution in [0.15, 0.2) is 41.2 Å². The summed E-state index contributed by atoms with van der Waals surface area (Å²) in [5.74, 6) is 2.77. The summed E-state index contributed by atoms with van der Waals surface area (Å²) in [4.78, 5) is 34.3. The van der Waals surface area contributed by atoms with Crippen LogP contribution in [-0.4, -0.2) is 28.1 Å². The zero-order valence-corrected chi connectivity index (χ0v) is 20.3. The minimum absolute atomic E-state index is 0.0120. The van der Waals surface area contributed by atoms with E-state index >= 15 is 0 Å². The lowest BCUT2D eigenvalue weighted by molar-refractivity contribution is 0.00695. The van der Waals surface area contributed by atoms with Gasteiger partial charge in [-0.25, -0.2) is 9.78 Å². The van der Waals surface area contributed by atoms with Crippen LogP contribution >= 0.6 is 8.46 Å². The number of anilines is 1. The van der Waals surface area contributed by atoms with E-state index in [1.165, 1.54) is 0 Å². The van der Waals surface area contributed by atoms with Crippen molar-refractivity contribution < 1.29 is 14.1 Å². The van der Waals surface area contributed by atoms with E-state index in [9.17, 15) is 14.2 Å². The second-order valence-electron chi connectivity index (χ2n) is 9.30. The van der Waals surface area contributed by atoms with Gasteiger partial charge in [-0.2, -0.15) is 0 Å². The molecule has 1 N–H and O–H groups in total. The predicted molar refractivity (Wildman–Crippen MR) is 133 cm³/mol. The van der Waals surface area contributed by atoms with E-state index in [1.54, 1.807) is 12.1 Å². The van der Waals surface area contributed by atoms with Gasteiger partial charge in [-0.1, -0.05) is 5.92 Å². The third-order valence-electron chi connectivity index (χ3n) is 5.75. The highest BCUT2D eigenvalue weighted by Crippen LogP contribution is 2.39. The van der Waals surface area contributed by atoms with Gasteiger partial charge in [0.25, 0.3) is 5.56 Å². The van der Waals surface area contributed by atoms with Crippen molar-refractivity contribution in [2.24, 2.45) is 0 Å². The summed E-state index contributed by atoms with van der Waals surface area (Å²) in [6, 6.07) is 11.1. The zero-order valence-electron chi connectivity index (χ0n) is 19.4. The van der Waals surface area contributed by atoms with Gasteiger partial charge >= 0.3 is 5.97 Å². The first kappa shape index (κ1) is 23.7. The van der Waals surface area contributed by atoms with E-state index in [2.05, 4.69) is 20.8 Å². The van der Waals surface area contributed by atoms with Crippen LogP contribution in [0.3, 0.4) is 0 Å². The smallest absolute Gasteiger partial charge is 0.338 e. The summed E-state index contributed by atoms with van der Waals surface area (Å²) in [7, 11) is -0.0918. The van der Waals surface area contributed by atoms with Crippen LogP contribution in [-0.2, 0) is 21.9 Å². The zero-order chi connectivity index (χ0) is 24.5. The second kappa shape index (κ2) is 9.40. The van der Waals surface area contributed by atoms with E-state index in [0.717, 1.165) is 29.7 Å². The van der Waals surface area contributed by atoms with Gasteiger partial charge in [-0.05, 0) is 81.1 Å². The fourth-order valence-electron chi connectivity index (χ4n) is 4.33. The van der Waals surface area contributed by atoms with Crippen molar-refractivity contribution in [2.45, 2.75) is 51.4 Å². The lowest BCUT2D eigenvalue weighted by Gasteiger charge is -2.30. The number of carbonyl (C=O) groups is 1. The molecule has 1 unspecified atom stereocenters. The van der Waals surface area contributed by atoms with Gasteiger partial charge < -0.3 is 14.6 Å². The summed E-state index contributed by atoms with van der Waals surface area (Å²) in [6.45, 7) is 5.88. The topological polar surface area (TPSA) is 92.4 Å². The minimum atomic E-state index is -0.566. The quantitative estimate of drug-likeness (QED) is 0.313. The Morgan fingerprint density at radius 1 is 1.29 bits per heavy atom. The summed E-state index contributed by atoms with van der Waals surface area (Å²) >= 11 is 0.